The first-order valence-corrected chi connectivity index (χ1v) is 22.8. The molecule has 3 aliphatic carbocycles. The molecule has 2 aromatic rings. The number of hydrogen-bond donors (Lipinski definition) is 1. The van der Waals surface area contributed by atoms with Crippen molar-refractivity contribution in [2.24, 2.45) is 23.7 Å². The van der Waals surface area contributed by atoms with Crippen LogP contribution in [0.5, 0.6) is 5.75 Å². The Labute approximate surface area is 293 Å². The van der Waals surface area contributed by atoms with E-state index in [-0.39, 0.29) is 34.1 Å². The SMILES string of the molecule is CC(C)(C)[Si](C)(C)O[C@H]1/C=C\[C@H]2CC[C@@H]2CS(=O)(=O)NC(=O)c2ccc3c(c2)N(C[C@@H]2CC[C@H]21)C[C@@]1(CCCc2cc(Cl)ccc21)CO3. The van der Waals surface area contributed by atoms with Crippen molar-refractivity contribution in [1.29, 1.82) is 0 Å². The minimum Gasteiger partial charge on any atom is -0.490 e. The lowest BCUT2D eigenvalue weighted by atomic mass is 9.68. The molecule has 0 unspecified atom stereocenters. The van der Waals surface area contributed by atoms with Gasteiger partial charge in [0, 0.05) is 29.1 Å². The zero-order chi connectivity index (χ0) is 34.1. The predicted molar refractivity (Wildman–Crippen MR) is 195 cm³/mol. The summed E-state index contributed by atoms with van der Waals surface area (Å²) in [4.78, 5) is 15.9. The fourth-order valence-corrected chi connectivity index (χ4v) is 11.4. The van der Waals surface area contributed by atoms with Crippen LogP contribution in [0.4, 0.5) is 5.69 Å². The lowest BCUT2D eigenvalue weighted by molar-refractivity contribution is 0.0519. The van der Waals surface area contributed by atoms with Gasteiger partial charge in [0.05, 0.1) is 24.2 Å². The van der Waals surface area contributed by atoms with Gasteiger partial charge >= 0.3 is 0 Å². The van der Waals surface area contributed by atoms with Crippen molar-refractivity contribution >= 4 is 41.5 Å². The number of halogens is 1. The molecule has 0 saturated heterocycles. The fourth-order valence-electron chi connectivity index (χ4n) is 8.41. The summed E-state index contributed by atoms with van der Waals surface area (Å²) in [5, 5.41) is 0.826. The van der Waals surface area contributed by atoms with E-state index in [0.29, 0.717) is 24.0 Å². The Bertz CT molecular complexity index is 1720. The van der Waals surface area contributed by atoms with Gasteiger partial charge in [-0.15, -0.1) is 0 Å². The Balaban J connectivity index is 1.30. The van der Waals surface area contributed by atoms with Gasteiger partial charge < -0.3 is 14.1 Å². The number of fused-ring (bicyclic) bond motifs is 5. The van der Waals surface area contributed by atoms with Gasteiger partial charge in [0.25, 0.3) is 5.91 Å². The molecule has 2 heterocycles. The summed E-state index contributed by atoms with van der Waals surface area (Å²) >= 11 is 6.47. The lowest BCUT2D eigenvalue weighted by Crippen LogP contribution is -2.52. The zero-order valence-corrected chi connectivity index (χ0v) is 31.6. The normalized spacial score (nSPS) is 32.2. The third-order valence-electron chi connectivity index (χ3n) is 12.6. The number of aryl methyl sites for hydroxylation is 1. The van der Waals surface area contributed by atoms with Crippen LogP contribution in [0.25, 0.3) is 0 Å². The molecule has 0 radical (unpaired) electrons. The molecule has 7 nitrogen and oxygen atoms in total. The van der Waals surface area contributed by atoms with Gasteiger partial charge in [0.15, 0.2) is 8.32 Å². The Morgan fingerprint density at radius 1 is 1.04 bits per heavy atom. The van der Waals surface area contributed by atoms with Crippen LogP contribution in [-0.2, 0) is 26.3 Å². The average Bonchev–Trinajstić information content (AvgIpc) is 3.13. The number of nitrogens with one attached hydrogen (secondary N) is 1. The molecule has 6 atom stereocenters. The quantitative estimate of drug-likeness (QED) is 0.252. The number of rotatable bonds is 2. The molecule has 10 heteroatoms. The Morgan fingerprint density at radius 2 is 1.83 bits per heavy atom. The van der Waals surface area contributed by atoms with Crippen LogP contribution < -0.4 is 14.4 Å². The van der Waals surface area contributed by atoms with Gasteiger partial charge in [0.1, 0.15) is 5.75 Å². The van der Waals surface area contributed by atoms with E-state index in [4.69, 9.17) is 20.8 Å². The maximum absolute atomic E-state index is 13.5. The van der Waals surface area contributed by atoms with Crippen LogP contribution in [0.2, 0.25) is 23.2 Å². The number of allylic oxidation sites excluding steroid dienone is 1. The van der Waals surface area contributed by atoms with E-state index in [1.54, 1.807) is 6.07 Å². The van der Waals surface area contributed by atoms with Crippen LogP contribution in [0.3, 0.4) is 0 Å². The van der Waals surface area contributed by atoms with Crippen LogP contribution in [-0.4, -0.2) is 54.2 Å². The van der Waals surface area contributed by atoms with Crippen molar-refractivity contribution in [2.45, 2.75) is 95.4 Å². The summed E-state index contributed by atoms with van der Waals surface area (Å²) < 4.78 is 42.9. The highest BCUT2D eigenvalue weighted by Crippen LogP contribution is 2.48. The van der Waals surface area contributed by atoms with E-state index in [1.807, 2.05) is 18.2 Å². The molecule has 5 aliphatic rings. The van der Waals surface area contributed by atoms with Crippen LogP contribution in [0, 0.1) is 23.7 Å². The van der Waals surface area contributed by atoms with Crippen molar-refractivity contribution in [1.82, 2.24) is 4.72 Å². The highest BCUT2D eigenvalue weighted by Gasteiger charge is 2.47. The maximum atomic E-state index is 13.5. The molecule has 260 valence electrons. The van der Waals surface area contributed by atoms with Gasteiger partial charge in [-0.25, -0.2) is 13.1 Å². The van der Waals surface area contributed by atoms with Crippen LogP contribution in [0.1, 0.15) is 80.8 Å². The van der Waals surface area contributed by atoms with Crippen molar-refractivity contribution in [3.8, 4) is 5.75 Å². The highest BCUT2D eigenvalue weighted by molar-refractivity contribution is 7.90. The van der Waals surface area contributed by atoms with Gasteiger partial charge in [0.2, 0.25) is 10.0 Å². The summed E-state index contributed by atoms with van der Waals surface area (Å²) in [6.45, 7) is 13.6. The van der Waals surface area contributed by atoms with Crippen LogP contribution in [0.15, 0.2) is 48.6 Å². The molecule has 48 heavy (non-hydrogen) atoms. The number of ether oxygens (including phenoxy) is 1. The van der Waals surface area contributed by atoms with E-state index in [9.17, 15) is 13.2 Å². The van der Waals surface area contributed by atoms with Crippen molar-refractivity contribution in [2.75, 3.05) is 30.3 Å². The summed E-state index contributed by atoms with van der Waals surface area (Å²) in [6.07, 6.45) is 11.6. The average molecular weight is 711 g/mol. The van der Waals surface area contributed by atoms with Crippen LogP contribution >= 0.6 is 11.6 Å². The summed E-state index contributed by atoms with van der Waals surface area (Å²) in [5.74, 6) is 1.02. The minimum atomic E-state index is -3.82. The maximum Gasteiger partial charge on any atom is 0.264 e. The number of carbonyl (C=O) groups is 1. The Morgan fingerprint density at radius 3 is 2.54 bits per heavy atom. The number of carbonyl (C=O) groups excluding carboxylic acids is 1. The predicted octanol–water partition coefficient (Wildman–Crippen LogP) is 7.89. The second-order valence-corrected chi connectivity index (χ2v) is 23.7. The molecule has 2 bridgehead atoms. The zero-order valence-electron chi connectivity index (χ0n) is 29.1. The first kappa shape index (κ1) is 34.1. The molecule has 1 spiro atoms. The first-order chi connectivity index (χ1) is 22.6. The summed E-state index contributed by atoms with van der Waals surface area (Å²) in [5.41, 5.74) is 3.53. The molecule has 2 aliphatic heterocycles. The molecular formula is C38H51ClN2O5SSi. The Kier molecular flexibility index (Phi) is 8.86. The van der Waals surface area contributed by atoms with Gasteiger partial charge in [-0.2, -0.15) is 0 Å². The van der Waals surface area contributed by atoms with E-state index in [1.165, 1.54) is 11.1 Å². The van der Waals surface area contributed by atoms with Crippen molar-refractivity contribution in [3.05, 3.63) is 70.3 Å². The van der Waals surface area contributed by atoms with E-state index in [0.717, 1.165) is 74.5 Å². The number of anilines is 1. The largest absolute Gasteiger partial charge is 0.490 e. The van der Waals surface area contributed by atoms with Gasteiger partial charge in [-0.3, -0.25) is 4.79 Å². The first-order valence-electron chi connectivity index (χ1n) is 17.8. The standard InChI is InChI=1S/C38H51ClN2O5SSi/c1-37(2,3)48(4,5)46-34-16-11-25-8-9-29(25)22-47(43,44)40-36(42)27-12-17-35-33(20-27)41(21-28-10-14-31(28)34)23-38(24-45-35)18-6-7-26-19-30(39)13-15-32(26)38/h11-13,15-17,19-20,25,28-29,31,34H,6-10,14,18,21-24H2,1-5H3,(H,40,42)/b16-11-/t25-,28+,29-,31-,34+,38+/m1/s1. The number of hydrogen-bond acceptors (Lipinski definition) is 6. The van der Waals surface area contributed by atoms with Gasteiger partial charge in [-0.1, -0.05) is 50.6 Å². The molecule has 0 aromatic heterocycles. The smallest absolute Gasteiger partial charge is 0.264 e. The summed E-state index contributed by atoms with van der Waals surface area (Å²) in [7, 11) is -5.92. The topological polar surface area (TPSA) is 84.9 Å². The molecule has 7 rings (SSSR count). The number of amides is 1. The third kappa shape index (κ3) is 6.49. The third-order valence-corrected chi connectivity index (χ3v) is 18.7. The lowest BCUT2D eigenvalue weighted by Gasteiger charge is -2.48. The van der Waals surface area contributed by atoms with Gasteiger partial charge in [-0.05, 0) is 128 Å². The van der Waals surface area contributed by atoms with E-state index >= 15 is 0 Å². The second-order valence-electron chi connectivity index (χ2n) is 16.7. The minimum absolute atomic E-state index is 0.00876. The second kappa shape index (κ2) is 12.5. The fraction of sp³-hybridized carbons (Fsp3) is 0.605. The summed E-state index contributed by atoms with van der Waals surface area (Å²) in [6, 6.07) is 11.7. The van der Waals surface area contributed by atoms with Crippen molar-refractivity contribution < 1.29 is 22.4 Å². The number of benzene rings is 2. The molecule has 1 amide bonds. The van der Waals surface area contributed by atoms with E-state index < -0.39 is 24.2 Å². The highest BCUT2D eigenvalue weighted by atomic mass is 35.5. The monoisotopic (exact) mass is 710 g/mol. The molecule has 2 saturated carbocycles. The van der Waals surface area contributed by atoms with Crippen molar-refractivity contribution in [3.63, 3.8) is 0 Å². The molecule has 2 aromatic carbocycles. The Hall–Kier alpha value is -2.33. The number of sulfonamides is 1. The number of nitrogens with zero attached hydrogens (tertiary/aromatic N) is 1. The molecular weight excluding hydrogens is 660 g/mol. The van der Waals surface area contributed by atoms with E-state index in [2.05, 4.69) is 67.8 Å². The molecule has 2 fully saturated rings. The molecule has 1 N–H and O–H groups in total.